The van der Waals surface area contributed by atoms with E-state index in [1.165, 1.54) is 20.3 Å². The number of hydrogen-bond donors (Lipinski definition) is 0. The minimum atomic E-state index is -0.174. The van der Waals surface area contributed by atoms with Crippen molar-refractivity contribution in [1.29, 1.82) is 0 Å². The van der Waals surface area contributed by atoms with Crippen LogP contribution in [0.3, 0.4) is 0 Å². The van der Waals surface area contributed by atoms with Crippen LogP contribution in [0.5, 0.6) is 11.5 Å². The Labute approximate surface area is 89.3 Å². The smallest absolute Gasteiger partial charge is 0.193 e. The summed E-state index contributed by atoms with van der Waals surface area (Å²) in [5.74, 6) is 0.837. The molecule has 0 aromatic heterocycles. The van der Waals surface area contributed by atoms with E-state index in [2.05, 4.69) is 6.08 Å². The highest BCUT2D eigenvalue weighted by atomic mass is 16.5. The predicted molar refractivity (Wildman–Crippen MR) is 57.4 cm³/mol. The zero-order valence-corrected chi connectivity index (χ0v) is 9.03. The van der Waals surface area contributed by atoms with Gasteiger partial charge in [0, 0.05) is 0 Å². The Kier molecular flexibility index (Phi) is 3.92. The summed E-state index contributed by atoms with van der Waals surface area (Å²) in [6.07, 6.45) is 4.04. The summed E-state index contributed by atoms with van der Waals surface area (Å²) >= 11 is 0. The van der Waals surface area contributed by atoms with Crippen LogP contribution in [0.1, 0.15) is 17.3 Å². The Morgan fingerprint density at radius 2 is 1.80 bits per heavy atom. The van der Waals surface area contributed by atoms with Gasteiger partial charge in [-0.1, -0.05) is 6.07 Å². The van der Waals surface area contributed by atoms with Gasteiger partial charge in [0.15, 0.2) is 5.78 Å². The normalized spacial score (nSPS) is 10.3. The van der Waals surface area contributed by atoms with E-state index in [1.807, 2.05) is 0 Å². The average molecular weight is 205 g/mol. The molecule has 0 aliphatic heterocycles. The van der Waals surface area contributed by atoms with Crippen LogP contribution in [0.2, 0.25) is 0 Å². The first kappa shape index (κ1) is 11.3. The van der Waals surface area contributed by atoms with Crippen molar-refractivity contribution in [3.63, 3.8) is 0 Å². The molecule has 0 fully saturated rings. The lowest BCUT2D eigenvalue weighted by Crippen LogP contribution is -2.02. The van der Waals surface area contributed by atoms with E-state index in [0.717, 1.165) is 0 Å². The van der Waals surface area contributed by atoms with Gasteiger partial charge < -0.3 is 9.47 Å². The third-order valence-electron chi connectivity index (χ3n) is 1.95. The maximum Gasteiger partial charge on any atom is 0.193 e. The molecule has 79 valence electrons. The molecular weight excluding hydrogens is 192 g/mol. The van der Waals surface area contributed by atoms with Gasteiger partial charge in [-0.3, -0.25) is 4.79 Å². The number of allylic oxidation sites excluding steroid dienone is 2. The molecule has 15 heavy (non-hydrogen) atoms. The molecule has 1 aromatic carbocycles. The molecule has 0 aliphatic carbocycles. The van der Waals surface area contributed by atoms with Crippen molar-refractivity contribution < 1.29 is 14.3 Å². The summed E-state index contributed by atoms with van der Waals surface area (Å²) in [4.78, 5) is 11.7. The number of benzene rings is 1. The average Bonchev–Trinajstić information content (AvgIpc) is 2.28. The van der Waals surface area contributed by atoms with Gasteiger partial charge in [0.25, 0.3) is 0 Å². The Bertz CT molecular complexity index is 358. The minimum Gasteiger partial charge on any atom is -0.496 e. The fourth-order valence-corrected chi connectivity index (χ4v) is 1.30. The monoisotopic (exact) mass is 205 g/mol. The molecule has 0 spiro atoms. The van der Waals surface area contributed by atoms with Crippen LogP contribution in [0.25, 0.3) is 0 Å². The topological polar surface area (TPSA) is 35.5 Å². The molecular formula is C12H13O3. The van der Waals surface area contributed by atoms with Gasteiger partial charge in [0.1, 0.15) is 17.1 Å². The van der Waals surface area contributed by atoms with Gasteiger partial charge in [0.05, 0.1) is 14.2 Å². The molecule has 0 saturated heterocycles. The molecule has 0 amide bonds. The molecule has 0 saturated carbocycles. The van der Waals surface area contributed by atoms with Crippen LogP contribution in [0.15, 0.2) is 24.3 Å². The summed E-state index contributed by atoms with van der Waals surface area (Å²) in [6.45, 7) is 1.67. The van der Waals surface area contributed by atoms with Gasteiger partial charge in [-0.05, 0) is 31.2 Å². The van der Waals surface area contributed by atoms with Gasteiger partial charge in [0.2, 0.25) is 0 Å². The maximum absolute atomic E-state index is 11.7. The van der Waals surface area contributed by atoms with Gasteiger partial charge >= 0.3 is 0 Å². The van der Waals surface area contributed by atoms with E-state index >= 15 is 0 Å². The second-order valence-electron chi connectivity index (χ2n) is 2.83. The second kappa shape index (κ2) is 5.20. The number of carbonyl (C=O) groups excluding carboxylic acids is 1. The Hall–Kier alpha value is -1.77. The van der Waals surface area contributed by atoms with Gasteiger partial charge in [-0.2, -0.15) is 0 Å². The lowest BCUT2D eigenvalue weighted by molar-refractivity contribution is 0.104. The van der Waals surface area contributed by atoms with Crippen LogP contribution in [0, 0.1) is 6.08 Å². The predicted octanol–water partition coefficient (Wildman–Crippen LogP) is 2.27. The van der Waals surface area contributed by atoms with Crippen LogP contribution in [-0.2, 0) is 0 Å². The number of rotatable bonds is 4. The lowest BCUT2D eigenvalue weighted by Gasteiger charge is -2.09. The van der Waals surface area contributed by atoms with Crippen LogP contribution < -0.4 is 9.47 Å². The Morgan fingerprint density at radius 3 is 2.20 bits per heavy atom. The number of ketones is 1. The molecule has 0 unspecified atom stereocenters. The zero-order valence-electron chi connectivity index (χ0n) is 9.03. The SMILES string of the molecule is C/[C]=C\C(=O)c1c(OC)cccc1OC. The molecule has 1 aromatic rings. The minimum absolute atomic E-state index is 0.174. The number of methoxy groups -OCH3 is 2. The van der Waals surface area contributed by atoms with Gasteiger partial charge in [-0.25, -0.2) is 0 Å². The van der Waals surface area contributed by atoms with Crippen LogP contribution in [-0.4, -0.2) is 20.0 Å². The van der Waals surface area contributed by atoms with Crippen molar-refractivity contribution in [2.75, 3.05) is 14.2 Å². The Morgan fingerprint density at radius 1 is 1.27 bits per heavy atom. The maximum atomic E-state index is 11.7. The van der Waals surface area contributed by atoms with Crippen molar-refractivity contribution >= 4 is 5.78 Å². The molecule has 1 radical (unpaired) electrons. The Balaban J connectivity index is 3.27. The van der Waals surface area contributed by atoms with Gasteiger partial charge in [-0.15, -0.1) is 0 Å². The molecule has 0 N–H and O–H groups in total. The second-order valence-corrected chi connectivity index (χ2v) is 2.83. The lowest BCUT2D eigenvalue weighted by atomic mass is 10.1. The first-order valence-electron chi connectivity index (χ1n) is 4.50. The highest BCUT2D eigenvalue weighted by Crippen LogP contribution is 2.28. The van der Waals surface area contributed by atoms with E-state index in [4.69, 9.17) is 9.47 Å². The summed E-state index contributed by atoms with van der Waals surface area (Å²) in [7, 11) is 3.04. The van der Waals surface area contributed by atoms with E-state index in [-0.39, 0.29) is 5.78 Å². The highest BCUT2D eigenvalue weighted by molar-refractivity contribution is 6.08. The first-order valence-corrected chi connectivity index (χ1v) is 4.50. The fourth-order valence-electron chi connectivity index (χ4n) is 1.30. The zero-order chi connectivity index (χ0) is 11.3. The molecule has 0 aliphatic rings. The number of carbonyl (C=O) groups is 1. The van der Waals surface area contributed by atoms with Crippen molar-refractivity contribution in [3.8, 4) is 11.5 Å². The molecule has 0 heterocycles. The van der Waals surface area contributed by atoms with Crippen LogP contribution in [0.4, 0.5) is 0 Å². The molecule has 3 nitrogen and oxygen atoms in total. The third-order valence-corrected chi connectivity index (χ3v) is 1.95. The summed E-state index contributed by atoms with van der Waals surface area (Å²) in [5.41, 5.74) is 0.428. The van der Waals surface area contributed by atoms with E-state index in [1.54, 1.807) is 25.1 Å². The molecule has 0 atom stereocenters. The van der Waals surface area contributed by atoms with E-state index in [0.29, 0.717) is 17.1 Å². The molecule has 0 bridgehead atoms. The van der Waals surface area contributed by atoms with Crippen molar-refractivity contribution in [1.82, 2.24) is 0 Å². The number of hydrogen-bond acceptors (Lipinski definition) is 3. The highest BCUT2D eigenvalue weighted by Gasteiger charge is 2.15. The first-order chi connectivity index (χ1) is 7.24. The van der Waals surface area contributed by atoms with Crippen molar-refractivity contribution in [3.05, 3.63) is 35.9 Å². The van der Waals surface area contributed by atoms with E-state index < -0.39 is 0 Å². The quantitative estimate of drug-likeness (QED) is 0.558. The largest absolute Gasteiger partial charge is 0.496 e. The van der Waals surface area contributed by atoms with Crippen molar-refractivity contribution in [2.24, 2.45) is 0 Å². The van der Waals surface area contributed by atoms with E-state index in [9.17, 15) is 4.79 Å². The standard InChI is InChI=1S/C12H13O3/c1-4-6-9(13)12-10(14-2)7-5-8-11(12)15-3/h5-8H,1-3H3. The fraction of sp³-hybridized carbons (Fsp3) is 0.250. The number of ether oxygens (including phenoxy) is 2. The summed E-state index contributed by atoms with van der Waals surface area (Å²) in [6, 6.07) is 5.21. The summed E-state index contributed by atoms with van der Waals surface area (Å²) < 4.78 is 10.2. The third kappa shape index (κ3) is 2.37. The molecule has 1 rings (SSSR count). The van der Waals surface area contributed by atoms with Crippen LogP contribution >= 0.6 is 0 Å². The molecule has 3 heteroatoms. The van der Waals surface area contributed by atoms with Crippen molar-refractivity contribution in [2.45, 2.75) is 6.92 Å². The summed E-state index contributed by atoms with van der Waals surface area (Å²) in [5, 5.41) is 0.